The normalized spacial score (nSPS) is 20.0. The van der Waals surface area contributed by atoms with Crippen LogP contribution in [0.2, 0.25) is 0 Å². The molecule has 0 amide bonds. The van der Waals surface area contributed by atoms with E-state index in [2.05, 4.69) is 53.7 Å². The van der Waals surface area contributed by atoms with Gasteiger partial charge in [-0.25, -0.2) is 0 Å². The van der Waals surface area contributed by atoms with Crippen molar-refractivity contribution in [3.8, 4) is 0 Å². The minimum Gasteiger partial charge on any atom is -0.370 e. The number of thiophene rings is 1. The van der Waals surface area contributed by atoms with E-state index >= 15 is 0 Å². The number of benzene rings is 1. The predicted molar refractivity (Wildman–Crippen MR) is 80.7 cm³/mol. The predicted octanol–water partition coefficient (Wildman–Crippen LogP) is 3.48. The summed E-state index contributed by atoms with van der Waals surface area (Å²) in [5.41, 5.74) is 1.55. The quantitative estimate of drug-likeness (QED) is 0.844. The molecule has 1 saturated heterocycles. The molecule has 0 radical (unpaired) electrons. The standard InChI is InChI=1S/C15H20N2S/c1-15(2)11-17(8-3-7-16-15)13-4-5-14-12(10-13)6-9-18-14/h4-6,9-10,16H,3,7-8,11H2,1-2H3. The monoisotopic (exact) mass is 260 g/mol. The second-order valence-electron chi connectivity index (χ2n) is 5.73. The molecule has 96 valence electrons. The highest BCUT2D eigenvalue weighted by atomic mass is 32.1. The fraction of sp³-hybridized carbons (Fsp3) is 0.467. The molecule has 0 spiro atoms. The number of anilines is 1. The Hall–Kier alpha value is -1.06. The van der Waals surface area contributed by atoms with Crippen LogP contribution in [-0.4, -0.2) is 25.2 Å². The van der Waals surface area contributed by atoms with Crippen LogP contribution in [0, 0.1) is 0 Å². The first-order valence-electron chi connectivity index (χ1n) is 6.61. The number of fused-ring (bicyclic) bond motifs is 1. The van der Waals surface area contributed by atoms with Crippen molar-refractivity contribution in [1.82, 2.24) is 5.32 Å². The fourth-order valence-electron chi connectivity index (χ4n) is 2.68. The van der Waals surface area contributed by atoms with Gasteiger partial charge in [0.15, 0.2) is 0 Å². The summed E-state index contributed by atoms with van der Waals surface area (Å²) >= 11 is 1.82. The topological polar surface area (TPSA) is 15.3 Å². The molecule has 0 unspecified atom stereocenters. The number of nitrogens with one attached hydrogen (secondary N) is 1. The first kappa shape index (κ1) is 12.0. The number of nitrogens with zero attached hydrogens (tertiary/aromatic N) is 1. The molecule has 0 aliphatic carbocycles. The Kier molecular flexibility index (Phi) is 3.04. The maximum Gasteiger partial charge on any atom is 0.0373 e. The van der Waals surface area contributed by atoms with Gasteiger partial charge in [0, 0.05) is 29.0 Å². The smallest absolute Gasteiger partial charge is 0.0373 e. The van der Waals surface area contributed by atoms with Crippen molar-refractivity contribution in [2.75, 3.05) is 24.5 Å². The molecule has 18 heavy (non-hydrogen) atoms. The van der Waals surface area contributed by atoms with E-state index in [0.717, 1.165) is 19.6 Å². The number of hydrogen-bond acceptors (Lipinski definition) is 3. The van der Waals surface area contributed by atoms with Gasteiger partial charge in [0.2, 0.25) is 0 Å². The van der Waals surface area contributed by atoms with Crippen molar-refractivity contribution >= 4 is 27.1 Å². The van der Waals surface area contributed by atoms with E-state index in [9.17, 15) is 0 Å². The molecule has 3 heteroatoms. The molecule has 3 rings (SSSR count). The highest BCUT2D eigenvalue weighted by molar-refractivity contribution is 7.17. The van der Waals surface area contributed by atoms with Gasteiger partial charge >= 0.3 is 0 Å². The summed E-state index contributed by atoms with van der Waals surface area (Å²) in [4.78, 5) is 2.51. The van der Waals surface area contributed by atoms with Crippen molar-refractivity contribution in [3.63, 3.8) is 0 Å². The lowest BCUT2D eigenvalue weighted by molar-refractivity contribution is 0.416. The lowest BCUT2D eigenvalue weighted by atomic mass is 10.1. The van der Waals surface area contributed by atoms with Gasteiger partial charge in [0.05, 0.1) is 0 Å². The maximum atomic E-state index is 3.61. The number of rotatable bonds is 1. The van der Waals surface area contributed by atoms with Gasteiger partial charge in [-0.3, -0.25) is 0 Å². The average molecular weight is 260 g/mol. The molecule has 1 fully saturated rings. The largest absolute Gasteiger partial charge is 0.370 e. The van der Waals surface area contributed by atoms with Gasteiger partial charge in [-0.05, 0) is 61.8 Å². The van der Waals surface area contributed by atoms with Crippen LogP contribution in [-0.2, 0) is 0 Å². The highest BCUT2D eigenvalue weighted by Gasteiger charge is 2.24. The summed E-state index contributed by atoms with van der Waals surface area (Å²) in [5, 5.41) is 7.15. The zero-order chi connectivity index (χ0) is 12.6. The number of hydrogen-bond donors (Lipinski definition) is 1. The van der Waals surface area contributed by atoms with E-state index in [4.69, 9.17) is 0 Å². The van der Waals surface area contributed by atoms with Crippen molar-refractivity contribution in [2.45, 2.75) is 25.8 Å². The molecular weight excluding hydrogens is 240 g/mol. The molecule has 2 heterocycles. The Morgan fingerprint density at radius 1 is 1.28 bits per heavy atom. The molecule has 1 aromatic heterocycles. The van der Waals surface area contributed by atoms with E-state index in [1.165, 1.54) is 22.2 Å². The molecule has 0 bridgehead atoms. The summed E-state index contributed by atoms with van der Waals surface area (Å²) in [5.74, 6) is 0. The van der Waals surface area contributed by atoms with Crippen LogP contribution in [0.15, 0.2) is 29.6 Å². The maximum absolute atomic E-state index is 3.61. The Bertz CT molecular complexity index is 544. The van der Waals surface area contributed by atoms with Crippen LogP contribution in [0.1, 0.15) is 20.3 Å². The van der Waals surface area contributed by atoms with Gasteiger partial charge in [0.1, 0.15) is 0 Å². The second-order valence-corrected chi connectivity index (χ2v) is 6.68. The molecule has 0 atom stereocenters. The Morgan fingerprint density at radius 3 is 3.06 bits per heavy atom. The Labute approximate surface area is 113 Å². The summed E-state index contributed by atoms with van der Waals surface area (Å²) in [7, 11) is 0. The van der Waals surface area contributed by atoms with E-state index < -0.39 is 0 Å². The molecule has 0 saturated carbocycles. The van der Waals surface area contributed by atoms with Gasteiger partial charge in [0.25, 0.3) is 0 Å². The third-order valence-electron chi connectivity index (χ3n) is 3.60. The Morgan fingerprint density at radius 2 is 2.17 bits per heavy atom. The van der Waals surface area contributed by atoms with E-state index in [0.29, 0.717) is 0 Å². The van der Waals surface area contributed by atoms with E-state index in [1.807, 2.05) is 11.3 Å². The van der Waals surface area contributed by atoms with Crippen LogP contribution < -0.4 is 10.2 Å². The van der Waals surface area contributed by atoms with Crippen molar-refractivity contribution in [3.05, 3.63) is 29.6 Å². The summed E-state index contributed by atoms with van der Waals surface area (Å²) < 4.78 is 1.38. The van der Waals surface area contributed by atoms with Crippen molar-refractivity contribution < 1.29 is 0 Å². The summed E-state index contributed by atoms with van der Waals surface area (Å²) in [6.07, 6.45) is 1.21. The average Bonchev–Trinajstić information content (AvgIpc) is 2.72. The SMILES string of the molecule is CC1(C)CN(c2ccc3sccc3c2)CCCN1. The minimum atomic E-state index is 0.195. The van der Waals surface area contributed by atoms with Crippen molar-refractivity contribution in [2.24, 2.45) is 0 Å². The zero-order valence-corrected chi connectivity index (χ0v) is 11.9. The highest BCUT2D eigenvalue weighted by Crippen LogP contribution is 2.27. The third kappa shape index (κ3) is 2.38. The molecule has 2 aromatic rings. The second kappa shape index (κ2) is 4.56. The van der Waals surface area contributed by atoms with Crippen LogP contribution in [0.3, 0.4) is 0 Å². The first-order chi connectivity index (χ1) is 8.64. The molecule has 1 aromatic carbocycles. The molecule has 1 aliphatic heterocycles. The van der Waals surface area contributed by atoms with Crippen LogP contribution >= 0.6 is 11.3 Å². The fourth-order valence-corrected chi connectivity index (χ4v) is 3.45. The first-order valence-corrected chi connectivity index (χ1v) is 7.49. The van der Waals surface area contributed by atoms with Crippen LogP contribution in [0.4, 0.5) is 5.69 Å². The molecule has 1 N–H and O–H groups in total. The third-order valence-corrected chi connectivity index (χ3v) is 4.49. The zero-order valence-electron chi connectivity index (χ0n) is 11.1. The molecule has 2 nitrogen and oxygen atoms in total. The summed E-state index contributed by atoms with van der Waals surface area (Å²) in [6.45, 7) is 7.90. The van der Waals surface area contributed by atoms with Gasteiger partial charge in [-0.1, -0.05) is 0 Å². The molecular formula is C15H20N2S. The molecule has 1 aliphatic rings. The van der Waals surface area contributed by atoms with E-state index in [1.54, 1.807) is 0 Å². The lowest BCUT2D eigenvalue weighted by Crippen LogP contribution is -2.46. The summed E-state index contributed by atoms with van der Waals surface area (Å²) in [6, 6.07) is 9.05. The Balaban J connectivity index is 1.92. The van der Waals surface area contributed by atoms with Crippen molar-refractivity contribution in [1.29, 1.82) is 0 Å². The minimum absolute atomic E-state index is 0.195. The van der Waals surface area contributed by atoms with Crippen LogP contribution in [0.25, 0.3) is 10.1 Å². The van der Waals surface area contributed by atoms with Gasteiger partial charge < -0.3 is 10.2 Å². The lowest BCUT2D eigenvalue weighted by Gasteiger charge is -2.31. The van der Waals surface area contributed by atoms with Crippen LogP contribution in [0.5, 0.6) is 0 Å². The van der Waals surface area contributed by atoms with E-state index in [-0.39, 0.29) is 5.54 Å². The van der Waals surface area contributed by atoms with Gasteiger partial charge in [-0.15, -0.1) is 11.3 Å². The van der Waals surface area contributed by atoms with Gasteiger partial charge in [-0.2, -0.15) is 0 Å².